The van der Waals surface area contributed by atoms with E-state index in [0.717, 1.165) is 28.4 Å². The molecule has 0 bridgehead atoms. The van der Waals surface area contributed by atoms with Gasteiger partial charge in [-0.3, -0.25) is 4.79 Å². The maximum atomic E-state index is 13.0. The summed E-state index contributed by atoms with van der Waals surface area (Å²) in [7, 11) is 0. The Bertz CT molecular complexity index is 862. The van der Waals surface area contributed by atoms with E-state index in [4.69, 9.17) is 0 Å². The molecule has 0 unspecified atom stereocenters. The van der Waals surface area contributed by atoms with E-state index in [0.29, 0.717) is 12.2 Å². The van der Waals surface area contributed by atoms with E-state index >= 15 is 0 Å². The van der Waals surface area contributed by atoms with Crippen LogP contribution in [0.2, 0.25) is 0 Å². The lowest BCUT2D eigenvalue weighted by Crippen LogP contribution is -2.32. The molecule has 0 spiro atoms. The smallest absolute Gasteiger partial charge is 0.280 e. The topological polar surface area (TPSA) is 51.0 Å². The van der Waals surface area contributed by atoms with Gasteiger partial charge in [0.25, 0.3) is 5.91 Å². The van der Waals surface area contributed by atoms with Crippen molar-refractivity contribution in [2.24, 2.45) is 0 Å². The Morgan fingerprint density at radius 2 is 1.83 bits per heavy atom. The number of thioether (sulfide) groups is 1. The van der Waals surface area contributed by atoms with Gasteiger partial charge in [0, 0.05) is 11.4 Å². The summed E-state index contributed by atoms with van der Waals surface area (Å²) in [6, 6.07) is 17.6. The second-order valence-electron chi connectivity index (χ2n) is 5.48. The third kappa shape index (κ3) is 2.80. The van der Waals surface area contributed by atoms with Crippen LogP contribution in [-0.4, -0.2) is 33.2 Å². The maximum Gasteiger partial charge on any atom is 0.280 e. The number of aromatic nitrogens is 3. The van der Waals surface area contributed by atoms with Crippen LogP contribution in [0.3, 0.4) is 0 Å². The number of amides is 1. The van der Waals surface area contributed by atoms with E-state index < -0.39 is 0 Å². The van der Waals surface area contributed by atoms with Crippen LogP contribution in [0.5, 0.6) is 0 Å². The lowest BCUT2D eigenvalue weighted by Gasteiger charge is -2.21. The van der Waals surface area contributed by atoms with Crippen molar-refractivity contribution < 1.29 is 4.79 Å². The summed E-state index contributed by atoms with van der Waals surface area (Å²) in [5, 5.41) is 8.60. The number of carbonyl (C=O) groups excluding carboxylic acids is 1. The Kier molecular flexibility index (Phi) is 4.04. The highest BCUT2D eigenvalue weighted by atomic mass is 32.2. The molecule has 0 fully saturated rings. The predicted octanol–water partition coefficient (Wildman–Crippen LogP) is 3.41. The van der Waals surface area contributed by atoms with Gasteiger partial charge in [-0.2, -0.15) is 9.90 Å². The molecule has 2 aromatic carbocycles. The first kappa shape index (κ1) is 15.0. The third-order valence-electron chi connectivity index (χ3n) is 3.88. The Morgan fingerprint density at radius 1 is 1.04 bits per heavy atom. The van der Waals surface area contributed by atoms with Crippen LogP contribution in [0.25, 0.3) is 5.69 Å². The van der Waals surface area contributed by atoms with Crippen LogP contribution in [-0.2, 0) is 0 Å². The third-order valence-corrected chi connectivity index (χ3v) is 5.03. The van der Waals surface area contributed by atoms with Gasteiger partial charge in [0.05, 0.1) is 17.6 Å². The molecule has 24 heavy (non-hydrogen) atoms. The second-order valence-corrected chi connectivity index (χ2v) is 6.62. The number of hydrogen-bond acceptors (Lipinski definition) is 4. The molecule has 6 heteroatoms. The van der Waals surface area contributed by atoms with Gasteiger partial charge >= 0.3 is 0 Å². The Balaban J connectivity index is 1.66. The fraction of sp³-hybridized carbons (Fsp3) is 0.167. The van der Waals surface area contributed by atoms with Crippen LogP contribution in [0.1, 0.15) is 16.9 Å². The Morgan fingerprint density at radius 3 is 2.71 bits per heavy atom. The minimum Gasteiger partial charge on any atom is -0.306 e. The second kappa shape index (κ2) is 6.49. The number of anilines is 1. The molecule has 0 saturated carbocycles. The van der Waals surface area contributed by atoms with Crippen molar-refractivity contribution >= 4 is 23.4 Å². The zero-order valence-electron chi connectivity index (χ0n) is 13.0. The Hall–Kier alpha value is -2.60. The molecule has 0 atom stereocenters. The summed E-state index contributed by atoms with van der Waals surface area (Å²) in [6.45, 7) is 0.695. The van der Waals surface area contributed by atoms with Crippen molar-refractivity contribution in [1.82, 2.24) is 15.0 Å². The first-order chi connectivity index (χ1) is 11.8. The zero-order chi connectivity index (χ0) is 16.4. The summed E-state index contributed by atoms with van der Waals surface area (Å²) in [6.07, 6.45) is 2.49. The van der Waals surface area contributed by atoms with Crippen LogP contribution in [0.15, 0.2) is 65.7 Å². The molecular weight excluding hydrogens is 320 g/mol. The number of rotatable bonds is 2. The van der Waals surface area contributed by atoms with E-state index in [1.54, 1.807) is 11.8 Å². The first-order valence-corrected chi connectivity index (χ1v) is 8.83. The molecule has 5 nitrogen and oxygen atoms in total. The van der Waals surface area contributed by atoms with Crippen molar-refractivity contribution in [2.75, 3.05) is 17.2 Å². The van der Waals surface area contributed by atoms with Gasteiger partial charge in [-0.1, -0.05) is 30.3 Å². The predicted molar refractivity (Wildman–Crippen MR) is 94.8 cm³/mol. The van der Waals surface area contributed by atoms with Gasteiger partial charge in [-0.25, -0.2) is 0 Å². The minimum absolute atomic E-state index is 0.105. The van der Waals surface area contributed by atoms with Crippen LogP contribution >= 0.6 is 11.8 Å². The summed E-state index contributed by atoms with van der Waals surface area (Å²) in [5.74, 6) is 0.907. The van der Waals surface area contributed by atoms with Crippen molar-refractivity contribution in [3.8, 4) is 5.69 Å². The molecule has 1 aliphatic rings. The van der Waals surface area contributed by atoms with Crippen LogP contribution in [0.4, 0.5) is 5.69 Å². The van der Waals surface area contributed by atoms with Gasteiger partial charge in [-0.05, 0) is 36.4 Å². The summed E-state index contributed by atoms with van der Waals surface area (Å²) in [5.41, 5.74) is 2.16. The number of para-hydroxylation sites is 2. The number of hydrogen-bond donors (Lipinski definition) is 0. The van der Waals surface area contributed by atoms with Gasteiger partial charge < -0.3 is 4.90 Å². The fourth-order valence-corrected chi connectivity index (χ4v) is 3.72. The van der Waals surface area contributed by atoms with E-state index in [-0.39, 0.29) is 5.91 Å². The van der Waals surface area contributed by atoms with Gasteiger partial charge in [0.2, 0.25) is 0 Å². The largest absolute Gasteiger partial charge is 0.306 e. The number of fused-ring (bicyclic) bond motifs is 1. The quantitative estimate of drug-likeness (QED) is 0.720. The lowest BCUT2D eigenvalue weighted by molar-refractivity contribution is 0.0981. The number of nitrogens with zero attached hydrogens (tertiary/aromatic N) is 4. The zero-order valence-corrected chi connectivity index (χ0v) is 13.8. The van der Waals surface area contributed by atoms with E-state index in [2.05, 4.69) is 16.3 Å². The standard InChI is InChI=1S/C18H16N4OS/c23-18(15-13-19-22(20-15)14-7-2-1-3-8-14)21-11-6-12-24-17-10-5-4-9-16(17)21/h1-5,7-10,13H,6,11-12H2. The van der Waals surface area contributed by atoms with Crippen molar-refractivity contribution in [3.05, 3.63) is 66.5 Å². The molecule has 2 heterocycles. The van der Waals surface area contributed by atoms with E-state index in [9.17, 15) is 4.79 Å². The van der Waals surface area contributed by atoms with Crippen LogP contribution < -0.4 is 4.90 Å². The highest BCUT2D eigenvalue weighted by Crippen LogP contribution is 2.34. The molecule has 0 saturated heterocycles. The monoisotopic (exact) mass is 336 g/mol. The highest BCUT2D eigenvalue weighted by Gasteiger charge is 2.24. The molecule has 3 aromatic rings. The van der Waals surface area contributed by atoms with E-state index in [1.807, 2.05) is 53.4 Å². The summed E-state index contributed by atoms with van der Waals surface area (Å²) in [4.78, 5) is 17.4. The highest BCUT2D eigenvalue weighted by molar-refractivity contribution is 7.99. The van der Waals surface area contributed by atoms with Crippen molar-refractivity contribution in [2.45, 2.75) is 11.3 Å². The van der Waals surface area contributed by atoms with Crippen molar-refractivity contribution in [1.29, 1.82) is 0 Å². The van der Waals surface area contributed by atoms with Crippen LogP contribution in [0, 0.1) is 0 Å². The molecule has 1 aromatic heterocycles. The van der Waals surface area contributed by atoms with Gasteiger partial charge in [0.1, 0.15) is 0 Å². The molecule has 0 N–H and O–H groups in total. The maximum absolute atomic E-state index is 13.0. The number of benzene rings is 2. The average molecular weight is 336 g/mol. The molecule has 120 valence electrons. The lowest BCUT2D eigenvalue weighted by atomic mass is 10.2. The molecule has 1 aliphatic heterocycles. The SMILES string of the molecule is O=C(c1cnn(-c2ccccc2)n1)N1CCCSc2ccccc21. The summed E-state index contributed by atoms with van der Waals surface area (Å²) < 4.78 is 0. The Labute approximate surface area is 144 Å². The molecule has 1 amide bonds. The molecular formula is C18H16N4OS. The van der Waals surface area contributed by atoms with Crippen molar-refractivity contribution in [3.63, 3.8) is 0 Å². The number of carbonyl (C=O) groups is 1. The molecule has 0 radical (unpaired) electrons. The van der Waals surface area contributed by atoms with E-state index in [1.165, 1.54) is 11.0 Å². The first-order valence-electron chi connectivity index (χ1n) is 7.84. The van der Waals surface area contributed by atoms with Gasteiger partial charge in [-0.15, -0.1) is 16.9 Å². The summed E-state index contributed by atoms with van der Waals surface area (Å²) >= 11 is 1.79. The normalized spacial score (nSPS) is 14.1. The van der Waals surface area contributed by atoms with Gasteiger partial charge in [0.15, 0.2) is 5.69 Å². The molecule has 4 rings (SSSR count). The molecule has 0 aliphatic carbocycles. The minimum atomic E-state index is -0.105. The fourth-order valence-electron chi connectivity index (χ4n) is 2.72. The average Bonchev–Trinajstić information content (AvgIpc) is 3.03.